The standard InChI is InChI=1S/C44H72N6O10/c1-10-12-13-14-15-19-24-49(8)36(52)26-32(40(55)45-33(27-37(53)54)41(56)47-34(44(59)60)25-28(3)4)46-42(57)38(30(7)11-2)48-43(58)39(29(5)6)50(9)35(51)23-22-31-20-17-16-18-21-31/h16-18,20-21,28-30,32-34,38-39H,10-15,19,22-27H2,1-9H3,(H,45,55)(H,46,57)(H,47,56)(H,48,58)(H,53,54)(H,59,60)/t30?,32-,33-,34-,38-,39-/m0/s1. The lowest BCUT2D eigenvalue weighted by Crippen LogP contribution is -2.61. The van der Waals surface area contributed by atoms with Crippen LogP contribution in [-0.4, -0.2) is 118 Å². The van der Waals surface area contributed by atoms with E-state index in [0.29, 0.717) is 25.8 Å². The molecule has 60 heavy (non-hydrogen) atoms. The van der Waals surface area contributed by atoms with Crippen LogP contribution in [0.25, 0.3) is 0 Å². The van der Waals surface area contributed by atoms with Crippen molar-refractivity contribution < 1.29 is 48.6 Å². The van der Waals surface area contributed by atoms with Crippen molar-refractivity contribution in [1.29, 1.82) is 0 Å². The second-order valence-electron chi connectivity index (χ2n) is 16.6. The molecule has 0 heterocycles. The monoisotopic (exact) mass is 845 g/mol. The van der Waals surface area contributed by atoms with Crippen LogP contribution in [0.2, 0.25) is 0 Å². The molecule has 16 heteroatoms. The topological polar surface area (TPSA) is 232 Å². The van der Waals surface area contributed by atoms with E-state index in [1.54, 1.807) is 48.6 Å². The summed E-state index contributed by atoms with van der Waals surface area (Å²) in [6.45, 7) is 13.1. The summed E-state index contributed by atoms with van der Waals surface area (Å²) in [6.07, 6.45) is 5.46. The van der Waals surface area contributed by atoms with Gasteiger partial charge in [0, 0.05) is 27.1 Å². The summed E-state index contributed by atoms with van der Waals surface area (Å²) >= 11 is 0. The smallest absolute Gasteiger partial charge is 0.326 e. The first-order valence-electron chi connectivity index (χ1n) is 21.4. The molecule has 0 aliphatic heterocycles. The summed E-state index contributed by atoms with van der Waals surface area (Å²) in [6, 6.07) is 2.52. The van der Waals surface area contributed by atoms with Gasteiger partial charge in [-0.3, -0.25) is 33.6 Å². The van der Waals surface area contributed by atoms with Gasteiger partial charge in [0.25, 0.3) is 0 Å². The van der Waals surface area contributed by atoms with Gasteiger partial charge in [0.05, 0.1) is 12.8 Å². The van der Waals surface area contributed by atoms with E-state index in [-0.39, 0.29) is 30.6 Å². The van der Waals surface area contributed by atoms with Crippen LogP contribution in [0.1, 0.15) is 125 Å². The second kappa shape index (κ2) is 27.7. The van der Waals surface area contributed by atoms with E-state index >= 15 is 0 Å². The van der Waals surface area contributed by atoms with Crippen LogP contribution in [-0.2, 0) is 44.8 Å². The van der Waals surface area contributed by atoms with Crippen LogP contribution in [0, 0.1) is 17.8 Å². The van der Waals surface area contributed by atoms with Gasteiger partial charge in [-0.2, -0.15) is 0 Å². The Bertz CT molecular complexity index is 1550. The third kappa shape index (κ3) is 19.4. The minimum Gasteiger partial charge on any atom is -0.481 e. The van der Waals surface area contributed by atoms with Crippen molar-refractivity contribution in [2.45, 2.75) is 156 Å². The van der Waals surface area contributed by atoms with Crippen LogP contribution >= 0.6 is 0 Å². The van der Waals surface area contributed by atoms with Gasteiger partial charge in [0.2, 0.25) is 35.4 Å². The SMILES string of the molecule is CCCCCCCCN(C)C(=O)C[C@H](NC(=O)[C@@H](NC(=O)[C@H](C(C)C)N(C)C(=O)CCc1ccccc1)C(C)CC)C(=O)N[C@@H](CC(=O)O)C(=O)N[C@@H](CC(C)C)C(=O)O. The van der Waals surface area contributed by atoms with E-state index in [4.69, 9.17) is 0 Å². The maximum atomic E-state index is 14.2. The molecule has 0 spiro atoms. The van der Waals surface area contributed by atoms with Crippen LogP contribution < -0.4 is 21.3 Å². The number of aliphatic carboxylic acids is 2. The molecule has 6 N–H and O–H groups in total. The average molecular weight is 845 g/mol. The fourth-order valence-corrected chi connectivity index (χ4v) is 6.77. The number of carbonyl (C=O) groups excluding carboxylic acids is 6. The number of nitrogens with one attached hydrogen (secondary N) is 4. The van der Waals surface area contributed by atoms with Crippen LogP contribution in [0.5, 0.6) is 0 Å². The van der Waals surface area contributed by atoms with Gasteiger partial charge in [0.1, 0.15) is 30.2 Å². The summed E-state index contributed by atoms with van der Waals surface area (Å²) in [5.74, 6) is -8.11. The molecular formula is C44H72N6O10. The van der Waals surface area contributed by atoms with E-state index < -0.39 is 90.4 Å². The number of likely N-dealkylation sites (N-methyl/N-ethyl adjacent to an activating group) is 1. The molecule has 1 aromatic carbocycles. The molecule has 6 atom stereocenters. The first-order chi connectivity index (χ1) is 28.2. The molecule has 0 aromatic heterocycles. The molecule has 0 aliphatic rings. The Morgan fingerprint density at radius 3 is 1.73 bits per heavy atom. The van der Waals surface area contributed by atoms with E-state index in [1.807, 2.05) is 30.3 Å². The second-order valence-corrected chi connectivity index (χ2v) is 16.6. The molecule has 1 aromatic rings. The highest BCUT2D eigenvalue weighted by molar-refractivity contribution is 5.98. The van der Waals surface area contributed by atoms with Crippen molar-refractivity contribution in [1.82, 2.24) is 31.1 Å². The highest BCUT2D eigenvalue weighted by atomic mass is 16.4. The van der Waals surface area contributed by atoms with Gasteiger partial charge in [-0.1, -0.05) is 117 Å². The summed E-state index contributed by atoms with van der Waals surface area (Å²) in [7, 11) is 3.10. The van der Waals surface area contributed by atoms with Gasteiger partial charge in [-0.25, -0.2) is 4.79 Å². The predicted octanol–water partition coefficient (Wildman–Crippen LogP) is 3.90. The van der Waals surface area contributed by atoms with E-state index in [0.717, 1.165) is 37.7 Å². The average Bonchev–Trinajstić information content (AvgIpc) is 3.18. The fraction of sp³-hybridized carbons (Fsp3) is 0.682. The molecule has 0 bridgehead atoms. The molecule has 0 aliphatic carbocycles. The molecule has 338 valence electrons. The maximum absolute atomic E-state index is 14.2. The number of amides is 6. The summed E-state index contributed by atoms with van der Waals surface area (Å²) in [5.41, 5.74) is 0.967. The number of hydrogen-bond donors (Lipinski definition) is 6. The van der Waals surface area contributed by atoms with Gasteiger partial charge in [-0.15, -0.1) is 0 Å². The summed E-state index contributed by atoms with van der Waals surface area (Å²) < 4.78 is 0. The Labute approximate surface area is 356 Å². The Morgan fingerprint density at radius 1 is 0.650 bits per heavy atom. The van der Waals surface area contributed by atoms with Gasteiger partial charge in [-0.05, 0) is 42.6 Å². The molecule has 1 unspecified atom stereocenters. The predicted molar refractivity (Wildman–Crippen MR) is 228 cm³/mol. The van der Waals surface area contributed by atoms with Crippen molar-refractivity contribution in [3.05, 3.63) is 35.9 Å². The Balaban J connectivity index is 3.42. The van der Waals surface area contributed by atoms with Gasteiger partial charge in [0.15, 0.2) is 0 Å². The number of carboxylic acid groups (broad SMARTS) is 2. The number of nitrogens with zero attached hydrogens (tertiary/aromatic N) is 2. The quantitative estimate of drug-likeness (QED) is 0.0637. The van der Waals surface area contributed by atoms with Crippen molar-refractivity contribution >= 4 is 47.4 Å². The summed E-state index contributed by atoms with van der Waals surface area (Å²) in [5, 5.41) is 29.3. The number of rotatable bonds is 29. The van der Waals surface area contributed by atoms with Crippen molar-refractivity contribution in [3.63, 3.8) is 0 Å². The lowest BCUT2D eigenvalue weighted by Gasteiger charge is -2.33. The van der Waals surface area contributed by atoms with Crippen LogP contribution in [0.4, 0.5) is 0 Å². The maximum Gasteiger partial charge on any atom is 0.326 e. The van der Waals surface area contributed by atoms with E-state index in [1.165, 1.54) is 16.8 Å². The third-order valence-corrected chi connectivity index (χ3v) is 10.6. The molecule has 0 radical (unpaired) electrons. The molecule has 0 saturated heterocycles. The molecule has 16 nitrogen and oxygen atoms in total. The van der Waals surface area contributed by atoms with Gasteiger partial charge >= 0.3 is 11.9 Å². The first-order valence-corrected chi connectivity index (χ1v) is 21.4. The molecular weight excluding hydrogens is 773 g/mol. The number of carbonyl (C=O) groups is 8. The third-order valence-electron chi connectivity index (χ3n) is 10.6. The number of benzene rings is 1. The molecule has 6 amide bonds. The zero-order valence-corrected chi connectivity index (χ0v) is 37.3. The zero-order valence-electron chi connectivity index (χ0n) is 37.3. The number of carboxylic acids is 2. The van der Waals surface area contributed by atoms with E-state index in [2.05, 4.69) is 28.2 Å². The molecule has 0 fully saturated rings. The van der Waals surface area contributed by atoms with Crippen molar-refractivity contribution in [2.75, 3.05) is 20.6 Å². The minimum atomic E-state index is -1.76. The minimum absolute atomic E-state index is 0.0327. The zero-order chi connectivity index (χ0) is 45.5. The van der Waals surface area contributed by atoms with Crippen molar-refractivity contribution in [2.24, 2.45) is 17.8 Å². The van der Waals surface area contributed by atoms with Crippen LogP contribution in [0.3, 0.4) is 0 Å². The highest BCUT2D eigenvalue weighted by Crippen LogP contribution is 2.16. The fourth-order valence-electron chi connectivity index (χ4n) is 6.77. The van der Waals surface area contributed by atoms with Crippen molar-refractivity contribution in [3.8, 4) is 0 Å². The van der Waals surface area contributed by atoms with E-state index in [9.17, 15) is 48.6 Å². The number of aryl methyl sites for hydroxylation is 1. The lowest BCUT2D eigenvalue weighted by atomic mass is 9.95. The van der Waals surface area contributed by atoms with Gasteiger partial charge < -0.3 is 41.3 Å². The highest BCUT2D eigenvalue weighted by Gasteiger charge is 2.37. The Morgan fingerprint density at radius 2 is 1.20 bits per heavy atom. The Kier molecular flexibility index (Phi) is 24.5. The first kappa shape index (κ1) is 53.0. The molecule has 1 rings (SSSR count). The normalized spacial score (nSPS) is 14.2. The summed E-state index contributed by atoms with van der Waals surface area (Å²) in [4.78, 5) is 109. The molecule has 0 saturated carbocycles. The Hall–Kier alpha value is -5.02. The number of unbranched alkanes of at least 4 members (excludes halogenated alkanes) is 5. The van der Waals surface area contributed by atoms with Crippen LogP contribution in [0.15, 0.2) is 30.3 Å². The lowest BCUT2D eigenvalue weighted by molar-refractivity contribution is -0.144. The largest absolute Gasteiger partial charge is 0.481 e. The number of hydrogen-bond acceptors (Lipinski definition) is 8.